The van der Waals surface area contributed by atoms with E-state index in [0.29, 0.717) is 29.1 Å². The van der Waals surface area contributed by atoms with Gasteiger partial charge in [-0.25, -0.2) is 4.98 Å². The zero-order chi connectivity index (χ0) is 23.7. The summed E-state index contributed by atoms with van der Waals surface area (Å²) in [6, 6.07) is 10.5. The smallest absolute Gasteiger partial charge is 0.228 e. The zero-order valence-corrected chi connectivity index (χ0v) is 21.2. The van der Waals surface area contributed by atoms with Gasteiger partial charge in [-0.15, -0.1) is 0 Å². The molecule has 0 radical (unpaired) electrons. The Bertz CT molecular complexity index is 1040. The topological polar surface area (TPSA) is 48.9 Å². The number of nitrogens with zero attached hydrogens (tertiary/aromatic N) is 4. The molecule has 3 aliphatic heterocycles. The summed E-state index contributed by atoms with van der Waals surface area (Å²) in [4.78, 5) is 24.6. The summed E-state index contributed by atoms with van der Waals surface area (Å²) in [5, 5.41) is 1.12. The number of aromatic nitrogens is 1. The number of benzene rings is 1. The Hall–Kier alpha value is -1.70. The minimum Gasteiger partial charge on any atom is -0.379 e. The van der Waals surface area contributed by atoms with Gasteiger partial charge >= 0.3 is 0 Å². The number of carbonyl (C=O) groups excluding carboxylic acids is 1. The van der Waals surface area contributed by atoms with Crippen LogP contribution in [0.2, 0.25) is 10.0 Å². The maximum absolute atomic E-state index is 13.0. The van der Waals surface area contributed by atoms with Crippen LogP contribution in [0.5, 0.6) is 0 Å². The number of anilines is 1. The number of halogens is 2. The van der Waals surface area contributed by atoms with Crippen molar-refractivity contribution in [2.45, 2.75) is 37.6 Å². The number of likely N-dealkylation sites (tertiary alicyclic amines) is 1. The number of ether oxygens (including phenoxy) is 1. The number of carbonyl (C=O) groups is 1. The minimum absolute atomic E-state index is 0.133. The number of rotatable bonds is 6. The van der Waals surface area contributed by atoms with E-state index < -0.39 is 0 Å². The van der Waals surface area contributed by atoms with Crippen molar-refractivity contribution in [3.63, 3.8) is 0 Å². The first-order valence-electron chi connectivity index (χ1n) is 12.2. The Labute approximate surface area is 211 Å². The molecule has 6 nitrogen and oxygen atoms in total. The monoisotopic (exact) mass is 502 g/mol. The number of morpholine rings is 1. The van der Waals surface area contributed by atoms with Gasteiger partial charge in [0.2, 0.25) is 5.91 Å². The lowest BCUT2D eigenvalue weighted by atomic mass is 9.71. The van der Waals surface area contributed by atoms with Crippen molar-refractivity contribution < 1.29 is 9.53 Å². The van der Waals surface area contributed by atoms with Gasteiger partial charge in [-0.2, -0.15) is 0 Å². The fraction of sp³-hybridized carbons (Fsp3) is 0.538. The molecular weight excluding hydrogens is 471 g/mol. The molecule has 8 heteroatoms. The number of piperidine rings is 1. The number of hydrogen-bond acceptors (Lipinski definition) is 5. The van der Waals surface area contributed by atoms with E-state index in [4.69, 9.17) is 27.9 Å². The molecule has 3 fully saturated rings. The second-order valence-corrected chi connectivity index (χ2v) is 10.7. The fourth-order valence-electron chi connectivity index (χ4n) is 5.58. The van der Waals surface area contributed by atoms with Crippen LogP contribution in [0.15, 0.2) is 36.5 Å². The Morgan fingerprint density at radius 1 is 1.15 bits per heavy atom. The molecule has 182 valence electrons. The van der Waals surface area contributed by atoms with Crippen LogP contribution in [0.25, 0.3) is 0 Å². The van der Waals surface area contributed by atoms with Crippen molar-refractivity contribution in [3.05, 3.63) is 57.7 Å². The lowest BCUT2D eigenvalue weighted by Crippen LogP contribution is -2.62. The highest BCUT2D eigenvalue weighted by Gasteiger charge is 2.43. The Morgan fingerprint density at radius 3 is 2.68 bits per heavy atom. The van der Waals surface area contributed by atoms with E-state index in [2.05, 4.69) is 20.9 Å². The van der Waals surface area contributed by atoms with Crippen molar-refractivity contribution in [2.75, 3.05) is 57.4 Å². The first-order valence-corrected chi connectivity index (χ1v) is 12.9. The first kappa shape index (κ1) is 24.0. The van der Waals surface area contributed by atoms with Crippen LogP contribution in [0.1, 0.15) is 30.4 Å². The third-order valence-electron chi connectivity index (χ3n) is 7.76. The SMILES string of the molecule is Cc1cccnc1N1CC(CCN2CC(N3CCOCC3)C2)(c2ccc(Cl)c(Cl)c2)CCC1=O. The molecule has 1 unspecified atom stereocenters. The summed E-state index contributed by atoms with van der Waals surface area (Å²) < 4.78 is 5.50. The second-order valence-electron chi connectivity index (χ2n) is 9.84. The average Bonchev–Trinajstić information content (AvgIpc) is 2.82. The highest BCUT2D eigenvalue weighted by atomic mass is 35.5. The summed E-state index contributed by atoms with van der Waals surface area (Å²) >= 11 is 12.7. The van der Waals surface area contributed by atoms with Crippen LogP contribution >= 0.6 is 23.2 Å². The van der Waals surface area contributed by atoms with Gasteiger partial charge in [0.05, 0.1) is 23.3 Å². The lowest BCUT2D eigenvalue weighted by molar-refractivity contribution is -0.120. The normalized spacial score (nSPS) is 24.9. The van der Waals surface area contributed by atoms with Gasteiger partial charge in [0, 0.05) is 56.8 Å². The summed E-state index contributed by atoms with van der Waals surface area (Å²) in [6.07, 6.45) is 4.01. The van der Waals surface area contributed by atoms with Crippen LogP contribution in [0, 0.1) is 6.92 Å². The highest BCUT2D eigenvalue weighted by Crippen LogP contribution is 2.41. The van der Waals surface area contributed by atoms with Crippen molar-refractivity contribution >= 4 is 34.9 Å². The van der Waals surface area contributed by atoms with E-state index in [1.54, 1.807) is 6.20 Å². The highest BCUT2D eigenvalue weighted by molar-refractivity contribution is 6.42. The third kappa shape index (κ3) is 4.84. The molecule has 1 amide bonds. The van der Waals surface area contributed by atoms with Crippen LogP contribution in [0.4, 0.5) is 5.82 Å². The van der Waals surface area contributed by atoms with E-state index in [-0.39, 0.29) is 11.3 Å². The zero-order valence-electron chi connectivity index (χ0n) is 19.7. The summed E-state index contributed by atoms with van der Waals surface area (Å²) in [7, 11) is 0. The molecular formula is C26H32Cl2N4O2. The molecule has 0 N–H and O–H groups in total. The molecule has 0 bridgehead atoms. The second kappa shape index (κ2) is 10.1. The molecule has 0 spiro atoms. The summed E-state index contributed by atoms with van der Waals surface area (Å²) in [6.45, 7) is 9.54. The number of aryl methyl sites for hydroxylation is 1. The van der Waals surface area contributed by atoms with E-state index in [9.17, 15) is 4.79 Å². The predicted molar refractivity (Wildman–Crippen MR) is 136 cm³/mol. The summed E-state index contributed by atoms with van der Waals surface area (Å²) in [5.74, 6) is 0.891. The van der Waals surface area contributed by atoms with Gasteiger partial charge in [-0.3, -0.25) is 14.6 Å². The van der Waals surface area contributed by atoms with Crippen molar-refractivity contribution in [1.82, 2.24) is 14.8 Å². The van der Waals surface area contributed by atoms with Crippen LogP contribution < -0.4 is 4.90 Å². The Morgan fingerprint density at radius 2 is 1.94 bits per heavy atom. The maximum Gasteiger partial charge on any atom is 0.228 e. The molecule has 1 aromatic heterocycles. The molecule has 34 heavy (non-hydrogen) atoms. The van der Waals surface area contributed by atoms with E-state index in [1.807, 2.05) is 36.1 Å². The van der Waals surface area contributed by atoms with Crippen molar-refractivity contribution in [3.8, 4) is 0 Å². The molecule has 1 atom stereocenters. The standard InChI is InChI=1S/C26H32Cl2N4O2/c1-19-3-2-9-29-25(19)32-18-26(7-6-24(32)33,20-4-5-22(27)23(28)15-20)8-10-30-16-21(17-30)31-11-13-34-14-12-31/h2-5,9,15,21H,6-8,10-14,16-18H2,1H3. The van der Waals surface area contributed by atoms with E-state index in [1.165, 1.54) is 0 Å². The van der Waals surface area contributed by atoms with Gasteiger partial charge in [-0.1, -0.05) is 35.3 Å². The molecule has 2 aromatic rings. The maximum atomic E-state index is 13.0. The molecule has 0 aliphatic carbocycles. The van der Waals surface area contributed by atoms with Gasteiger partial charge in [0.1, 0.15) is 5.82 Å². The summed E-state index contributed by atoms with van der Waals surface area (Å²) in [5.41, 5.74) is 1.96. The van der Waals surface area contributed by atoms with Gasteiger partial charge in [-0.05, 0) is 55.6 Å². The molecule has 0 saturated carbocycles. The number of hydrogen-bond donors (Lipinski definition) is 0. The van der Waals surface area contributed by atoms with Gasteiger partial charge in [0.25, 0.3) is 0 Å². The van der Waals surface area contributed by atoms with Gasteiger partial charge in [0.15, 0.2) is 0 Å². The lowest BCUT2D eigenvalue weighted by Gasteiger charge is -2.49. The fourth-order valence-corrected chi connectivity index (χ4v) is 5.88. The van der Waals surface area contributed by atoms with Crippen LogP contribution in [-0.4, -0.2) is 79.2 Å². The van der Waals surface area contributed by atoms with E-state index in [0.717, 1.165) is 75.7 Å². The number of pyridine rings is 1. The van der Waals surface area contributed by atoms with Crippen LogP contribution in [0.3, 0.4) is 0 Å². The average molecular weight is 503 g/mol. The molecule has 3 saturated heterocycles. The van der Waals surface area contributed by atoms with Crippen molar-refractivity contribution in [1.29, 1.82) is 0 Å². The van der Waals surface area contributed by atoms with Crippen LogP contribution in [-0.2, 0) is 14.9 Å². The predicted octanol–water partition coefficient (Wildman–Crippen LogP) is 4.17. The molecule has 1 aromatic carbocycles. The number of amides is 1. The molecule has 5 rings (SSSR count). The van der Waals surface area contributed by atoms with E-state index >= 15 is 0 Å². The Kier molecular flexibility index (Phi) is 7.14. The third-order valence-corrected chi connectivity index (χ3v) is 8.49. The van der Waals surface area contributed by atoms with Gasteiger partial charge < -0.3 is 9.64 Å². The van der Waals surface area contributed by atoms with Crippen molar-refractivity contribution in [2.24, 2.45) is 0 Å². The first-order chi connectivity index (χ1) is 16.4. The minimum atomic E-state index is -0.198. The largest absolute Gasteiger partial charge is 0.379 e. The quantitative estimate of drug-likeness (QED) is 0.593. The molecule has 4 heterocycles. The Balaban J connectivity index is 1.35. The molecule has 3 aliphatic rings.